The fourth-order valence-electron chi connectivity index (χ4n) is 2.05. The number of aromatic amines is 1. The Bertz CT molecular complexity index is 797. The van der Waals surface area contributed by atoms with E-state index < -0.39 is 6.04 Å². The third-order valence-electron chi connectivity index (χ3n) is 3.13. The Morgan fingerprint density at radius 3 is 2.57 bits per heavy atom. The van der Waals surface area contributed by atoms with Gasteiger partial charge in [0.15, 0.2) is 5.16 Å². The fraction of sp³-hybridized carbons (Fsp3) is 0.333. The Balaban J connectivity index is 2.58. The van der Waals surface area contributed by atoms with Crippen molar-refractivity contribution in [3.63, 3.8) is 0 Å². The van der Waals surface area contributed by atoms with Crippen LogP contribution in [0.15, 0.2) is 43.8 Å². The molecule has 120 valence electrons. The molecule has 2 rings (SSSR count). The summed E-state index contributed by atoms with van der Waals surface area (Å²) in [6, 6.07) is 6.78. The Kier molecular flexibility index (Phi) is 5.87. The van der Waals surface area contributed by atoms with Crippen molar-refractivity contribution in [1.82, 2.24) is 9.97 Å². The number of hydrogen-bond donors (Lipinski definition) is 1. The molecule has 6 nitrogen and oxygen atoms in total. The molecular weight excluding hydrogens is 378 g/mol. The molecule has 2 aromatic rings. The van der Waals surface area contributed by atoms with E-state index in [1.165, 1.54) is 11.8 Å². The first-order valence-electron chi connectivity index (χ1n) is 6.99. The van der Waals surface area contributed by atoms with Crippen molar-refractivity contribution < 1.29 is 0 Å². The molecule has 1 unspecified atom stereocenters. The third-order valence-corrected chi connectivity index (χ3v) is 4.54. The maximum atomic E-state index is 12.2. The SMILES string of the molecule is Cc1c(C(N=[N+]=[N-])c2ccc(Br)cc2)nc(SC(C)C)[nH]c1=O. The molecule has 1 aromatic heterocycles. The van der Waals surface area contributed by atoms with Crippen molar-refractivity contribution in [2.45, 2.75) is 37.2 Å². The summed E-state index contributed by atoms with van der Waals surface area (Å²) in [7, 11) is 0. The molecule has 0 amide bonds. The lowest BCUT2D eigenvalue weighted by molar-refractivity contribution is 0.754. The molecule has 0 saturated heterocycles. The zero-order chi connectivity index (χ0) is 17.0. The maximum absolute atomic E-state index is 12.2. The van der Waals surface area contributed by atoms with Gasteiger partial charge in [-0.05, 0) is 30.2 Å². The van der Waals surface area contributed by atoms with Gasteiger partial charge in [-0.2, -0.15) is 0 Å². The smallest absolute Gasteiger partial charge is 0.254 e. The fourth-order valence-corrected chi connectivity index (χ4v) is 3.06. The first-order chi connectivity index (χ1) is 10.9. The molecule has 0 aliphatic heterocycles. The zero-order valence-electron chi connectivity index (χ0n) is 12.9. The normalized spacial score (nSPS) is 12.0. The number of benzene rings is 1. The van der Waals surface area contributed by atoms with E-state index in [4.69, 9.17) is 5.53 Å². The van der Waals surface area contributed by atoms with Crippen molar-refractivity contribution in [2.24, 2.45) is 5.11 Å². The summed E-state index contributed by atoms with van der Waals surface area (Å²) in [5.74, 6) is 0. The summed E-state index contributed by atoms with van der Waals surface area (Å²) >= 11 is 4.84. The van der Waals surface area contributed by atoms with Crippen LogP contribution in [-0.2, 0) is 0 Å². The topological polar surface area (TPSA) is 94.5 Å². The van der Waals surface area contributed by atoms with Gasteiger partial charge in [0, 0.05) is 20.2 Å². The van der Waals surface area contributed by atoms with E-state index in [-0.39, 0.29) is 10.8 Å². The summed E-state index contributed by atoms with van der Waals surface area (Å²) in [6.45, 7) is 5.72. The summed E-state index contributed by atoms with van der Waals surface area (Å²) in [4.78, 5) is 22.4. The highest BCUT2D eigenvalue weighted by Crippen LogP contribution is 2.29. The molecule has 0 radical (unpaired) electrons. The molecule has 0 saturated carbocycles. The number of hydrogen-bond acceptors (Lipinski definition) is 4. The number of halogens is 1. The standard InChI is InChI=1S/C15H16BrN5OS/c1-8(2)23-15-18-12(9(3)14(22)19-15)13(20-21-17)10-4-6-11(16)7-5-10/h4-8,13H,1-3H3,(H,18,19,22). The van der Waals surface area contributed by atoms with Crippen LogP contribution in [0.25, 0.3) is 10.4 Å². The predicted molar refractivity (Wildman–Crippen MR) is 95.7 cm³/mol. The number of aromatic nitrogens is 2. The number of azide groups is 1. The van der Waals surface area contributed by atoms with Crippen molar-refractivity contribution >= 4 is 27.7 Å². The first-order valence-corrected chi connectivity index (χ1v) is 8.66. The molecule has 1 aromatic carbocycles. The van der Waals surface area contributed by atoms with E-state index in [0.29, 0.717) is 16.4 Å². The van der Waals surface area contributed by atoms with Crippen molar-refractivity contribution in [3.05, 3.63) is 66.4 Å². The highest BCUT2D eigenvalue weighted by Gasteiger charge is 2.20. The molecule has 0 bridgehead atoms. The van der Waals surface area contributed by atoms with Crippen LogP contribution >= 0.6 is 27.7 Å². The summed E-state index contributed by atoms with van der Waals surface area (Å²) in [6.07, 6.45) is 0. The summed E-state index contributed by atoms with van der Waals surface area (Å²) < 4.78 is 0.924. The lowest BCUT2D eigenvalue weighted by atomic mass is 10.0. The Labute approximate surface area is 146 Å². The van der Waals surface area contributed by atoms with Gasteiger partial charge in [-0.25, -0.2) is 4.98 Å². The van der Waals surface area contributed by atoms with Crippen molar-refractivity contribution in [1.29, 1.82) is 0 Å². The van der Waals surface area contributed by atoms with Crippen molar-refractivity contribution in [3.8, 4) is 0 Å². The summed E-state index contributed by atoms with van der Waals surface area (Å²) in [5, 5.41) is 4.66. The first kappa shape index (κ1) is 17.6. The lowest BCUT2D eigenvalue weighted by Crippen LogP contribution is -2.18. The second-order valence-electron chi connectivity index (χ2n) is 5.21. The number of H-pyrrole nitrogens is 1. The third kappa shape index (κ3) is 4.37. The number of nitrogens with zero attached hydrogens (tertiary/aromatic N) is 4. The molecule has 1 heterocycles. The van der Waals surface area contributed by atoms with Gasteiger partial charge >= 0.3 is 0 Å². The Morgan fingerprint density at radius 2 is 2.00 bits per heavy atom. The molecule has 1 N–H and O–H groups in total. The van der Waals surface area contributed by atoms with E-state index >= 15 is 0 Å². The average molecular weight is 394 g/mol. The van der Waals surface area contributed by atoms with Crippen LogP contribution in [0.2, 0.25) is 0 Å². The maximum Gasteiger partial charge on any atom is 0.254 e. The number of thioether (sulfide) groups is 1. The lowest BCUT2D eigenvalue weighted by Gasteiger charge is -2.15. The summed E-state index contributed by atoms with van der Waals surface area (Å²) in [5.41, 5.74) is 10.4. The van der Waals surface area contributed by atoms with E-state index in [2.05, 4.69) is 35.9 Å². The minimum atomic E-state index is -0.637. The monoisotopic (exact) mass is 393 g/mol. The van der Waals surface area contributed by atoms with Crippen LogP contribution in [0.1, 0.15) is 36.7 Å². The minimum absolute atomic E-state index is 0.214. The van der Waals surface area contributed by atoms with E-state index in [1.807, 2.05) is 38.1 Å². The Hall–Kier alpha value is -1.76. The zero-order valence-corrected chi connectivity index (χ0v) is 15.3. The largest absolute Gasteiger partial charge is 0.301 e. The van der Waals surface area contributed by atoms with Crippen LogP contribution < -0.4 is 5.56 Å². The Morgan fingerprint density at radius 1 is 1.35 bits per heavy atom. The van der Waals surface area contributed by atoms with Gasteiger partial charge in [-0.3, -0.25) is 4.79 Å². The van der Waals surface area contributed by atoms with Crippen LogP contribution in [0, 0.1) is 6.92 Å². The molecule has 23 heavy (non-hydrogen) atoms. The predicted octanol–water partition coefficient (Wildman–Crippen LogP) is 4.74. The molecule has 8 heteroatoms. The van der Waals surface area contributed by atoms with Gasteiger partial charge in [-0.1, -0.05) is 58.8 Å². The van der Waals surface area contributed by atoms with Gasteiger partial charge < -0.3 is 4.98 Å². The van der Waals surface area contributed by atoms with E-state index in [0.717, 1.165) is 10.0 Å². The molecule has 0 aliphatic rings. The minimum Gasteiger partial charge on any atom is -0.301 e. The molecular formula is C15H16BrN5OS. The highest BCUT2D eigenvalue weighted by atomic mass is 79.9. The van der Waals surface area contributed by atoms with Crippen LogP contribution in [0.3, 0.4) is 0 Å². The second-order valence-corrected chi connectivity index (χ2v) is 7.69. The molecule has 0 fully saturated rings. The highest BCUT2D eigenvalue weighted by molar-refractivity contribution is 9.10. The second kappa shape index (κ2) is 7.68. The van der Waals surface area contributed by atoms with Gasteiger partial charge in [-0.15, -0.1) is 0 Å². The molecule has 0 aliphatic carbocycles. The van der Waals surface area contributed by atoms with Crippen LogP contribution in [0.5, 0.6) is 0 Å². The van der Waals surface area contributed by atoms with Gasteiger partial charge in [0.25, 0.3) is 5.56 Å². The van der Waals surface area contributed by atoms with Crippen LogP contribution in [-0.4, -0.2) is 15.2 Å². The van der Waals surface area contributed by atoms with E-state index in [1.54, 1.807) is 6.92 Å². The van der Waals surface area contributed by atoms with Gasteiger partial charge in [0.05, 0.1) is 5.69 Å². The van der Waals surface area contributed by atoms with Gasteiger partial charge in [0.2, 0.25) is 0 Å². The molecule has 0 spiro atoms. The average Bonchev–Trinajstić information content (AvgIpc) is 2.49. The van der Waals surface area contributed by atoms with Crippen molar-refractivity contribution in [2.75, 3.05) is 0 Å². The molecule has 1 atom stereocenters. The van der Waals surface area contributed by atoms with E-state index in [9.17, 15) is 4.79 Å². The van der Waals surface area contributed by atoms with Crippen LogP contribution in [0.4, 0.5) is 0 Å². The number of rotatable bonds is 5. The van der Waals surface area contributed by atoms with Gasteiger partial charge in [0.1, 0.15) is 6.04 Å². The quantitative estimate of drug-likeness (QED) is 0.261. The number of nitrogens with one attached hydrogen (secondary N) is 1.